The van der Waals surface area contributed by atoms with Crippen molar-refractivity contribution in [1.29, 1.82) is 0 Å². The molecule has 0 fully saturated rings. The zero-order valence-electron chi connectivity index (χ0n) is 12.2. The van der Waals surface area contributed by atoms with Crippen LogP contribution in [0.4, 0.5) is 0 Å². The van der Waals surface area contributed by atoms with E-state index in [1.807, 2.05) is 6.07 Å². The molecule has 0 atom stereocenters. The molecule has 2 aromatic rings. The summed E-state index contributed by atoms with van der Waals surface area (Å²) in [6, 6.07) is 18.9. The fourth-order valence-electron chi connectivity index (χ4n) is 2.26. The van der Waals surface area contributed by atoms with Crippen LogP contribution in [0.25, 0.3) is 11.1 Å². The molecule has 0 bridgehead atoms. The Hall–Kier alpha value is -2.00. The van der Waals surface area contributed by atoms with Crippen LogP contribution in [0.3, 0.4) is 0 Å². The fraction of sp³-hybridized carbons (Fsp3) is 0.300. The Balaban J connectivity index is 2.07. The van der Waals surface area contributed by atoms with Crippen molar-refractivity contribution < 1.29 is 0 Å². The van der Waals surface area contributed by atoms with Crippen molar-refractivity contribution >= 4 is 0 Å². The van der Waals surface area contributed by atoms with Gasteiger partial charge in [0.25, 0.3) is 0 Å². The molecule has 20 heavy (non-hydrogen) atoms. The van der Waals surface area contributed by atoms with E-state index in [1.165, 1.54) is 36.8 Å². The molecular weight excluding hydrogens is 240 g/mol. The molecule has 102 valence electrons. The van der Waals surface area contributed by atoms with Gasteiger partial charge in [-0.15, -0.1) is 0 Å². The molecule has 2 rings (SSSR count). The van der Waals surface area contributed by atoms with Gasteiger partial charge in [-0.2, -0.15) is 0 Å². The first kappa shape index (κ1) is 14.4. The SMILES string of the molecule is CCCCCCC#Cc1ccccc1-c1ccccc1. The molecule has 0 spiro atoms. The molecule has 0 aromatic heterocycles. The third-order valence-electron chi connectivity index (χ3n) is 3.39. The smallest absolute Gasteiger partial charge is 0.0323 e. The highest BCUT2D eigenvalue weighted by molar-refractivity contribution is 5.70. The zero-order chi connectivity index (χ0) is 14.0. The average Bonchev–Trinajstić information content (AvgIpc) is 2.52. The minimum Gasteiger partial charge on any atom is -0.0979 e. The number of rotatable bonds is 5. The third kappa shape index (κ3) is 4.28. The van der Waals surface area contributed by atoms with E-state index in [0.29, 0.717) is 0 Å². The lowest BCUT2D eigenvalue weighted by molar-refractivity contribution is 0.679. The van der Waals surface area contributed by atoms with Gasteiger partial charge in [-0.1, -0.05) is 86.6 Å². The van der Waals surface area contributed by atoms with Gasteiger partial charge < -0.3 is 0 Å². The first-order valence-electron chi connectivity index (χ1n) is 7.55. The molecule has 0 saturated carbocycles. The van der Waals surface area contributed by atoms with Crippen LogP contribution in [0.15, 0.2) is 54.6 Å². The van der Waals surface area contributed by atoms with Crippen LogP contribution in [0.5, 0.6) is 0 Å². The summed E-state index contributed by atoms with van der Waals surface area (Å²) in [6.45, 7) is 2.24. The summed E-state index contributed by atoms with van der Waals surface area (Å²) in [5.41, 5.74) is 3.60. The van der Waals surface area contributed by atoms with E-state index in [9.17, 15) is 0 Å². The van der Waals surface area contributed by atoms with Crippen LogP contribution in [-0.4, -0.2) is 0 Å². The van der Waals surface area contributed by atoms with Gasteiger partial charge in [-0.3, -0.25) is 0 Å². The van der Waals surface area contributed by atoms with Crippen LogP contribution < -0.4 is 0 Å². The highest BCUT2D eigenvalue weighted by Crippen LogP contribution is 2.22. The van der Waals surface area contributed by atoms with Crippen LogP contribution in [0.2, 0.25) is 0 Å². The van der Waals surface area contributed by atoms with Crippen LogP contribution in [0, 0.1) is 11.8 Å². The molecule has 0 aliphatic rings. The van der Waals surface area contributed by atoms with Gasteiger partial charge in [0.05, 0.1) is 0 Å². The quantitative estimate of drug-likeness (QED) is 0.480. The Kier molecular flexibility index (Phi) is 5.93. The summed E-state index contributed by atoms with van der Waals surface area (Å²) in [6.07, 6.45) is 6.12. The Morgan fingerprint density at radius 3 is 2.35 bits per heavy atom. The topological polar surface area (TPSA) is 0 Å². The van der Waals surface area contributed by atoms with Gasteiger partial charge in [-0.05, 0) is 23.6 Å². The molecule has 0 nitrogen and oxygen atoms in total. The molecule has 0 unspecified atom stereocenters. The van der Waals surface area contributed by atoms with Gasteiger partial charge in [0.1, 0.15) is 0 Å². The normalized spacial score (nSPS) is 9.85. The molecule has 0 aliphatic carbocycles. The van der Waals surface area contributed by atoms with Crippen molar-refractivity contribution in [3.63, 3.8) is 0 Å². The second kappa shape index (κ2) is 8.23. The number of benzene rings is 2. The Morgan fingerprint density at radius 2 is 1.55 bits per heavy atom. The second-order valence-electron chi connectivity index (χ2n) is 5.02. The lowest BCUT2D eigenvalue weighted by Crippen LogP contribution is -1.83. The maximum absolute atomic E-state index is 3.34. The number of unbranched alkanes of at least 4 members (excludes halogenated alkanes) is 4. The van der Waals surface area contributed by atoms with E-state index >= 15 is 0 Å². The summed E-state index contributed by atoms with van der Waals surface area (Å²) in [7, 11) is 0. The van der Waals surface area contributed by atoms with E-state index in [2.05, 4.69) is 67.3 Å². The van der Waals surface area contributed by atoms with Gasteiger partial charge in [0.2, 0.25) is 0 Å². The highest BCUT2D eigenvalue weighted by Gasteiger charge is 2.00. The van der Waals surface area contributed by atoms with Gasteiger partial charge in [0, 0.05) is 12.0 Å². The molecule has 0 saturated heterocycles. The summed E-state index contributed by atoms with van der Waals surface area (Å²) in [5, 5.41) is 0. The molecule has 0 aliphatic heterocycles. The summed E-state index contributed by atoms with van der Waals surface area (Å²) in [4.78, 5) is 0. The standard InChI is InChI=1S/C20H22/c1-2-3-4-5-6-8-13-19-16-11-12-17-20(19)18-14-9-7-10-15-18/h7,9-12,14-17H,2-6H2,1H3. The predicted octanol–water partition coefficient (Wildman–Crippen LogP) is 5.68. The van der Waals surface area contributed by atoms with Crippen molar-refractivity contribution in [2.24, 2.45) is 0 Å². The fourth-order valence-corrected chi connectivity index (χ4v) is 2.26. The van der Waals surface area contributed by atoms with E-state index in [4.69, 9.17) is 0 Å². The van der Waals surface area contributed by atoms with Gasteiger partial charge in [-0.25, -0.2) is 0 Å². The van der Waals surface area contributed by atoms with Gasteiger partial charge >= 0.3 is 0 Å². The van der Waals surface area contributed by atoms with E-state index < -0.39 is 0 Å². The third-order valence-corrected chi connectivity index (χ3v) is 3.39. The van der Waals surface area contributed by atoms with Gasteiger partial charge in [0.15, 0.2) is 0 Å². The Labute approximate surface area is 122 Å². The summed E-state index contributed by atoms with van der Waals surface area (Å²) < 4.78 is 0. The second-order valence-corrected chi connectivity index (χ2v) is 5.02. The maximum atomic E-state index is 3.34. The van der Waals surface area contributed by atoms with Crippen molar-refractivity contribution in [1.82, 2.24) is 0 Å². The molecule has 0 amide bonds. The molecular formula is C20H22. The molecule has 0 heteroatoms. The molecule has 0 radical (unpaired) electrons. The van der Waals surface area contributed by atoms with Crippen LogP contribution in [-0.2, 0) is 0 Å². The highest BCUT2D eigenvalue weighted by atomic mass is 14.0. The Morgan fingerprint density at radius 1 is 0.800 bits per heavy atom. The number of hydrogen-bond donors (Lipinski definition) is 0. The molecule has 2 aromatic carbocycles. The summed E-state index contributed by atoms with van der Waals surface area (Å²) in [5.74, 6) is 6.66. The minimum absolute atomic E-state index is 1.00. The monoisotopic (exact) mass is 262 g/mol. The van der Waals surface area contributed by atoms with Crippen LogP contribution in [0.1, 0.15) is 44.6 Å². The van der Waals surface area contributed by atoms with Crippen LogP contribution >= 0.6 is 0 Å². The predicted molar refractivity (Wildman–Crippen MR) is 87.5 cm³/mol. The molecule has 0 N–H and O–H groups in total. The molecule has 0 heterocycles. The van der Waals surface area contributed by atoms with E-state index in [1.54, 1.807) is 0 Å². The van der Waals surface area contributed by atoms with Crippen molar-refractivity contribution in [3.8, 4) is 23.0 Å². The maximum Gasteiger partial charge on any atom is 0.0323 e. The van der Waals surface area contributed by atoms with Crippen molar-refractivity contribution in [2.45, 2.75) is 39.0 Å². The van der Waals surface area contributed by atoms with Crippen molar-refractivity contribution in [2.75, 3.05) is 0 Å². The zero-order valence-corrected chi connectivity index (χ0v) is 12.2. The van der Waals surface area contributed by atoms with Crippen molar-refractivity contribution in [3.05, 3.63) is 60.2 Å². The summed E-state index contributed by atoms with van der Waals surface area (Å²) >= 11 is 0. The van der Waals surface area contributed by atoms with E-state index in [0.717, 1.165) is 12.0 Å². The lowest BCUT2D eigenvalue weighted by atomic mass is 10.00. The largest absolute Gasteiger partial charge is 0.0979 e. The first-order valence-corrected chi connectivity index (χ1v) is 7.55. The average molecular weight is 262 g/mol. The first-order chi connectivity index (χ1) is 9.92. The Bertz CT molecular complexity index is 570. The lowest BCUT2D eigenvalue weighted by Gasteiger charge is -2.04. The van der Waals surface area contributed by atoms with E-state index in [-0.39, 0.29) is 0 Å². The minimum atomic E-state index is 1.00. The number of hydrogen-bond acceptors (Lipinski definition) is 0.